The van der Waals surface area contributed by atoms with Crippen molar-refractivity contribution in [1.29, 1.82) is 0 Å². The summed E-state index contributed by atoms with van der Waals surface area (Å²) in [4.78, 5) is 14.2. The fourth-order valence-electron chi connectivity index (χ4n) is 2.31. The molecule has 8 nitrogen and oxygen atoms in total. The van der Waals surface area contributed by atoms with Gasteiger partial charge in [-0.2, -0.15) is 5.10 Å². The summed E-state index contributed by atoms with van der Waals surface area (Å²) in [5, 5.41) is 12.5. The molecule has 0 amide bonds. The first-order valence-electron chi connectivity index (χ1n) is 8.52. The molecule has 2 aromatic carbocycles. The van der Waals surface area contributed by atoms with Gasteiger partial charge in [-0.1, -0.05) is 54.2 Å². The van der Waals surface area contributed by atoms with E-state index in [9.17, 15) is 4.79 Å². The quantitative estimate of drug-likeness (QED) is 0.199. The number of thioether (sulfide) groups is 1. The van der Waals surface area contributed by atoms with E-state index in [0.717, 1.165) is 11.3 Å². The van der Waals surface area contributed by atoms with E-state index in [2.05, 4.69) is 20.7 Å². The Kier molecular flexibility index (Phi) is 6.28. The molecule has 0 atom stereocenters. The van der Waals surface area contributed by atoms with Gasteiger partial charge in [0.2, 0.25) is 5.16 Å². The molecule has 0 aliphatic heterocycles. The van der Waals surface area contributed by atoms with Crippen LogP contribution in [0.2, 0.25) is 0 Å². The summed E-state index contributed by atoms with van der Waals surface area (Å²) in [6, 6.07) is 17.0. The van der Waals surface area contributed by atoms with Gasteiger partial charge < -0.3 is 10.7 Å². The number of nitrogen functional groups attached to an aromatic ring is 1. The lowest BCUT2D eigenvalue weighted by Gasteiger charge is -2.11. The first-order chi connectivity index (χ1) is 13.5. The summed E-state index contributed by atoms with van der Waals surface area (Å²) in [7, 11) is 3.98. The number of nitrogens with two attached hydrogens (primary N) is 1. The highest BCUT2D eigenvalue weighted by Crippen LogP contribution is 2.18. The zero-order chi connectivity index (χ0) is 19.9. The van der Waals surface area contributed by atoms with Crippen molar-refractivity contribution in [3.05, 3.63) is 65.7 Å². The standard InChI is InChI=1S/C19H21N7OS/c1-25(2)16-10-8-14(9-11-16)12-21-22-18-23-24-19(26(18)20)28-13-17(27)15-6-4-3-5-7-15/h3-12H,13,20H2,1-2H3,(H,22,23)/b21-12+. The lowest BCUT2D eigenvalue weighted by atomic mass is 10.2. The number of nitrogens with one attached hydrogen (secondary N) is 1. The SMILES string of the molecule is CN(C)c1ccc(/C=N/Nc2nnc(SCC(=O)c3ccccc3)n2N)cc1. The van der Waals surface area contributed by atoms with E-state index >= 15 is 0 Å². The van der Waals surface area contributed by atoms with Crippen LogP contribution in [0.15, 0.2) is 64.9 Å². The lowest BCUT2D eigenvalue weighted by molar-refractivity contribution is 0.102. The second-order valence-corrected chi connectivity index (χ2v) is 7.05. The van der Waals surface area contributed by atoms with Gasteiger partial charge in [0.05, 0.1) is 12.0 Å². The predicted molar refractivity (Wildman–Crippen MR) is 114 cm³/mol. The highest BCUT2D eigenvalue weighted by Gasteiger charge is 2.12. The van der Waals surface area contributed by atoms with E-state index in [1.165, 1.54) is 16.4 Å². The van der Waals surface area contributed by atoms with Crippen molar-refractivity contribution in [1.82, 2.24) is 14.9 Å². The number of Topliss-reactive ketones (excluding diaryl/α,β-unsaturated/α-hetero) is 1. The third kappa shape index (κ3) is 4.89. The molecule has 0 bridgehead atoms. The van der Waals surface area contributed by atoms with Gasteiger partial charge >= 0.3 is 0 Å². The van der Waals surface area contributed by atoms with Gasteiger partial charge in [0.1, 0.15) is 0 Å². The van der Waals surface area contributed by atoms with Gasteiger partial charge in [0, 0.05) is 25.3 Å². The summed E-state index contributed by atoms with van der Waals surface area (Å²) < 4.78 is 1.27. The number of hydrogen-bond acceptors (Lipinski definition) is 8. The normalized spacial score (nSPS) is 10.9. The molecule has 3 N–H and O–H groups in total. The number of rotatable bonds is 8. The van der Waals surface area contributed by atoms with Gasteiger partial charge in [-0.15, -0.1) is 10.2 Å². The van der Waals surface area contributed by atoms with Crippen molar-refractivity contribution in [2.75, 3.05) is 36.0 Å². The fraction of sp³-hybridized carbons (Fsp3) is 0.158. The maximum atomic E-state index is 12.2. The van der Waals surface area contributed by atoms with Gasteiger partial charge in [-0.05, 0) is 17.7 Å². The molecule has 28 heavy (non-hydrogen) atoms. The Morgan fingerprint density at radius 3 is 2.57 bits per heavy atom. The van der Waals surface area contributed by atoms with Crippen LogP contribution >= 0.6 is 11.8 Å². The molecule has 0 saturated heterocycles. The number of benzene rings is 2. The second kappa shape index (κ2) is 9.05. The Bertz CT molecular complexity index is 952. The summed E-state index contributed by atoms with van der Waals surface area (Å²) >= 11 is 1.22. The molecular formula is C19H21N7OS. The largest absolute Gasteiger partial charge is 0.378 e. The van der Waals surface area contributed by atoms with Crippen LogP contribution < -0.4 is 16.2 Å². The molecule has 1 aromatic heterocycles. The zero-order valence-corrected chi connectivity index (χ0v) is 16.4. The van der Waals surface area contributed by atoms with Crippen molar-refractivity contribution < 1.29 is 4.79 Å². The summed E-state index contributed by atoms with van der Waals surface area (Å²) in [5.74, 6) is 6.49. The number of ketones is 1. The summed E-state index contributed by atoms with van der Waals surface area (Å²) in [6.45, 7) is 0. The number of nitrogens with zero attached hydrogens (tertiary/aromatic N) is 5. The van der Waals surface area contributed by atoms with E-state index in [1.807, 2.05) is 61.5 Å². The number of carbonyl (C=O) groups is 1. The van der Waals surface area contributed by atoms with Crippen LogP contribution in [0.5, 0.6) is 0 Å². The minimum absolute atomic E-state index is 0.00213. The molecule has 0 aliphatic carbocycles. The molecule has 1 heterocycles. The van der Waals surface area contributed by atoms with Gasteiger partial charge in [-0.3, -0.25) is 4.79 Å². The molecule has 0 fully saturated rings. The number of hydrogen-bond donors (Lipinski definition) is 2. The number of anilines is 2. The van der Waals surface area contributed by atoms with Crippen molar-refractivity contribution in [2.45, 2.75) is 5.16 Å². The van der Waals surface area contributed by atoms with Gasteiger partial charge in [-0.25, -0.2) is 10.1 Å². The van der Waals surface area contributed by atoms with Crippen LogP contribution in [0, 0.1) is 0 Å². The maximum absolute atomic E-state index is 12.2. The molecule has 0 spiro atoms. The lowest BCUT2D eigenvalue weighted by Crippen LogP contribution is -2.14. The molecule has 3 rings (SSSR count). The predicted octanol–water partition coefficient (Wildman–Crippen LogP) is 2.48. The Labute approximate surface area is 167 Å². The fourth-order valence-corrected chi connectivity index (χ4v) is 3.06. The van der Waals surface area contributed by atoms with Crippen molar-refractivity contribution in [3.8, 4) is 0 Å². The molecular weight excluding hydrogens is 374 g/mol. The Morgan fingerprint density at radius 1 is 1.18 bits per heavy atom. The topological polar surface area (TPSA) is 101 Å². The maximum Gasteiger partial charge on any atom is 0.264 e. The summed E-state index contributed by atoms with van der Waals surface area (Å²) in [5.41, 5.74) is 5.46. The molecule has 9 heteroatoms. The van der Waals surface area contributed by atoms with Crippen LogP contribution in [0.3, 0.4) is 0 Å². The van der Waals surface area contributed by atoms with E-state index in [0.29, 0.717) is 10.7 Å². The Balaban J connectivity index is 1.56. The van der Waals surface area contributed by atoms with Gasteiger partial charge in [0.25, 0.3) is 5.95 Å². The zero-order valence-electron chi connectivity index (χ0n) is 15.6. The smallest absolute Gasteiger partial charge is 0.264 e. The summed E-state index contributed by atoms with van der Waals surface area (Å²) in [6.07, 6.45) is 1.67. The van der Waals surface area contributed by atoms with E-state index in [4.69, 9.17) is 5.84 Å². The molecule has 0 radical (unpaired) electrons. The second-order valence-electron chi connectivity index (χ2n) is 6.11. The van der Waals surface area contributed by atoms with E-state index in [1.54, 1.807) is 18.3 Å². The molecule has 0 saturated carbocycles. The van der Waals surface area contributed by atoms with E-state index < -0.39 is 0 Å². The van der Waals surface area contributed by atoms with Crippen molar-refractivity contribution in [3.63, 3.8) is 0 Å². The van der Waals surface area contributed by atoms with Crippen molar-refractivity contribution >= 4 is 35.4 Å². The highest BCUT2D eigenvalue weighted by molar-refractivity contribution is 7.99. The number of carbonyl (C=O) groups excluding carboxylic acids is 1. The minimum atomic E-state index is 0.00213. The third-order valence-corrected chi connectivity index (χ3v) is 4.82. The average Bonchev–Trinajstić information content (AvgIpc) is 3.07. The van der Waals surface area contributed by atoms with Crippen LogP contribution in [0.4, 0.5) is 11.6 Å². The Hall–Kier alpha value is -3.33. The minimum Gasteiger partial charge on any atom is -0.378 e. The molecule has 3 aromatic rings. The van der Waals surface area contributed by atoms with Crippen LogP contribution in [0.25, 0.3) is 0 Å². The van der Waals surface area contributed by atoms with Crippen LogP contribution in [-0.4, -0.2) is 46.7 Å². The number of aromatic nitrogens is 3. The van der Waals surface area contributed by atoms with Crippen LogP contribution in [-0.2, 0) is 0 Å². The molecule has 0 unspecified atom stereocenters. The van der Waals surface area contributed by atoms with Crippen LogP contribution in [0.1, 0.15) is 15.9 Å². The first-order valence-corrected chi connectivity index (χ1v) is 9.51. The molecule has 0 aliphatic rings. The highest BCUT2D eigenvalue weighted by atomic mass is 32.2. The monoisotopic (exact) mass is 395 g/mol. The third-order valence-electron chi connectivity index (χ3n) is 3.88. The van der Waals surface area contributed by atoms with E-state index in [-0.39, 0.29) is 17.5 Å². The number of hydrazone groups is 1. The van der Waals surface area contributed by atoms with Gasteiger partial charge in [0.15, 0.2) is 5.78 Å². The average molecular weight is 395 g/mol. The van der Waals surface area contributed by atoms with Crippen molar-refractivity contribution in [2.24, 2.45) is 5.10 Å². The Morgan fingerprint density at radius 2 is 1.89 bits per heavy atom. The molecule has 144 valence electrons. The first kappa shape index (κ1) is 19.4.